The zero-order valence-corrected chi connectivity index (χ0v) is 18.6. The molecule has 8 nitrogen and oxygen atoms in total. The van der Waals surface area contributed by atoms with Crippen molar-refractivity contribution < 1.29 is 24.2 Å². The Labute approximate surface area is 179 Å². The van der Waals surface area contributed by atoms with Gasteiger partial charge in [-0.2, -0.15) is 0 Å². The topological polar surface area (TPSA) is 108 Å². The normalized spacial score (nSPS) is 27.9. The fourth-order valence-electron chi connectivity index (χ4n) is 4.73. The first-order valence-electron chi connectivity index (χ1n) is 11.4. The fraction of sp³-hybridized carbons (Fsp3) is 0.864. The molecule has 0 unspecified atom stereocenters. The molecule has 5 atom stereocenters. The number of nitrogens with one attached hydrogen (secondary N) is 2. The summed E-state index contributed by atoms with van der Waals surface area (Å²) in [6.45, 7) is 7.88. The van der Waals surface area contributed by atoms with Gasteiger partial charge in [-0.05, 0) is 64.7 Å². The first kappa shape index (κ1) is 22.8. The van der Waals surface area contributed by atoms with Crippen LogP contribution in [0.5, 0.6) is 0 Å². The number of carbonyl (C=O) groups excluding carboxylic acids is 3. The molecule has 0 aromatic heterocycles. The molecule has 2 saturated carbocycles. The van der Waals surface area contributed by atoms with E-state index in [4.69, 9.17) is 4.74 Å². The molecule has 0 spiro atoms. The Kier molecular flexibility index (Phi) is 6.95. The van der Waals surface area contributed by atoms with Crippen LogP contribution in [-0.4, -0.2) is 64.3 Å². The van der Waals surface area contributed by atoms with Crippen LogP contribution >= 0.6 is 0 Å². The fourth-order valence-corrected chi connectivity index (χ4v) is 4.73. The van der Waals surface area contributed by atoms with E-state index < -0.39 is 35.8 Å². The van der Waals surface area contributed by atoms with Crippen molar-refractivity contribution in [1.82, 2.24) is 15.5 Å². The summed E-state index contributed by atoms with van der Waals surface area (Å²) in [6.07, 6.45) is 4.22. The highest BCUT2D eigenvalue weighted by atomic mass is 16.6. The van der Waals surface area contributed by atoms with Crippen molar-refractivity contribution in [2.75, 3.05) is 6.54 Å². The van der Waals surface area contributed by atoms with Gasteiger partial charge in [0.1, 0.15) is 11.6 Å². The Hall–Kier alpha value is -1.83. The second-order valence-electron chi connectivity index (χ2n) is 10.1. The molecule has 3 rings (SSSR count). The molecule has 8 heteroatoms. The monoisotopic (exact) mass is 423 g/mol. The van der Waals surface area contributed by atoms with Gasteiger partial charge in [0.2, 0.25) is 5.91 Å². The van der Waals surface area contributed by atoms with Crippen molar-refractivity contribution >= 4 is 17.9 Å². The summed E-state index contributed by atoms with van der Waals surface area (Å²) in [6, 6.07) is -1.16. The van der Waals surface area contributed by atoms with Crippen LogP contribution in [0.25, 0.3) is 0 Å². The van der Waals surface area contributed by atoms with Crippen LogP contribution in [0.15, 0.2) is 0 Å². The van der Waals surface area contributed by atoms with Gasteiger partial charge < -0.3 is 20.5 Å². The minimum absolute atomic E-state index is 0.0947. The SMILES string of the molecule is CCC[C@H](NC(=O)[C@@H]1[C@H]2CCC[C@H]2CN1C(=O)OC(C)(C)C)[C@H](O)C(=O)NC1CC1. The van der Waals surface area contributed by atoms with Crippen molar-refractivity contribution in [3.63, 3.8) is 0 Å². The highest BCUT2D eigenvalue weighted by Crippen LogP contribution is 2.42. The Bertz CT molecular complexity index is 658. The molecule has 3 fully saturated rings. The Balaban J connectivity index is 1.71. The van der Waals surface area contributed by atoms with E-state index in [-0.39, 0.29) is 17.9 Å². The van der Waals surface area contributed by atoms with Crippen LogP contribution in [-0.2, 0) is 14.3 Å². The van der Waals surface area contributed by atoms with Gasteiger partial charge in [-0.3, -0.25) is 14.5 Å². The molecule has 170 valence electrons. The number of aliphatic hydroxyl groups excluding tert-OH is 1. The van der Waals surface area contributed by atoms with E-state index in [0.717, 1.165) is 32.1 Å². The van der Waals surface area contributed by atoms with Crippen LogP contribution in [0.1, 0.15) is 72.6 Å². The van der Waals surface area contributed by atoms with Crippen molar-refractivity contribution in [3.05, 3.63) is 0 Å². The Morgan fingerprint density at radius 2 is 1.87 bits per heavy atom. The maximum Gasteiger partial charge on any atom is 0.410 e. The van der Waals surface area contributed by atoms with Crippen molar-refractivity contribution in [3.8, 4) is 0 Å². The lowest BCUT2D eigenvalue weighted by Gasteiger charge is -2.31. The Morgan fingerprint density at radius 3 is 2.47 bits per heavy atom. The summed E-state index contributed by atoms with van der Waals surface area (Å²) in [7, 11) is 0. The molecule has 1 aliphatic heterocycles. The molecule has 0 radical (unpaired) electrons. The predicted molar refractivity (Wildman–Crippen MR) is 112 cm³/mol. The second kappa shape index (κ2) is 9.12. The number of hydrogen-bond donors (Lipinski definition) is 3. The maximum absolute atomic E-state index is 13.3. The second-order valence-corrected chi connectivity index (χ2v) is 10.1. The van der Waals surface area contributed by atoms with Crippen LogP contribution < -0.4 is 10.6 Å². The number of carbonyl (C=O) groups is 3. The first-order valence-corrected chi connectivity index (χ1v) is 11.4. The van der Waals surface area contributed by atoms with Crippen LogP contribution in [0.3, 0.4) is 0 Å². The molecule has 3 amide bonds. The summed E-state index contributed by atoms with van der Waals surface area (Å²) in [5.41, 5.74) is -0.641. The molecule has 2 aliphatic carbocycles. The highest BCUT2D eigenvalue weighted by molar-refractivity contribution is 5.88. The van der Waals surface area contributed by atoms with E-state index in [1.165, 1.54) is 0 Å². The molecule has 1 saturated heterocycles. The standard InChI is InChI=1S/C22H37N3O5/c1-5-7-16(18(26)20(28)23-14-10-11-14)24-19(27)17-15-9-6-8-13(15)12-25(17)21(29)30-22(2,3)4/h13-18,26H,5-12H2,1-4H3,(H,23,28)(H,24,27)/t13-,15-,16-,17-,18-/m0/s1. The number of ether oxygens (including phenoxy) is 1. The minimum Gasteiger partial charge on any atom is -0.444 e. The maximum atomic E-state index is 13.3. The van der Waals surface area contributed by atoms with Gasteiger partial charge in [-0.25, -0.2) is 4.79 Å². The number of fused-ring (bicyclic) bond motifs is 1. The third kappa shape index (κ3) is 5.45. The summed E-state index contributed by atoms with van der Waals surface area (Å²) in [5, 5.41) is 16.3. The van der Waals surface area contributed by atoms with E-state index in [0.29, 0.717) is 25.3 Å². The predicted octanol–water partition coefficient (Wildman–Crippen LogP) is 1.95. The van der Waals surface area contributed by atoms with Crippen molar-refractivity contribution in [2.24, 2.45) is 11.8 Å². The number of nitrogens with zero attached hydrogens (tertiary/aromatic N) is 1. The third-order valence-corrected chi connectivity index (χ3v) is 6.29. The van der Waals surface area contributed by atoms with Gasteiger partial charge in [-0.15, -0.1) is 0 Å². The summed E-state index contributed by atoms with van der Waals surface area (Å²) >= 11 is 0. The van der Waals surface area contributed by atoms with Crippen molar-refractivity contribution in [1.29, 1.82) is 0 Å². The molecule has 3 aliphatic rings. The van der Waals surface area contributed by atoms with E-state index in [1.54, 1.807) is 4.90 Å². The summed E-state index contributed by atoms with van der Waals surface area (Å²) < 4.78 is 5.55. The smallest absolute Gasteiger partial charge is 0.410 e. The quantitative estimate of drug-likeness (QED) is 0.580. The van der Waals surface area contributed by atoms with Gasteiger partial charge in [0, 0.05) is 12.6 Å². The van der Waals surface area contributed by atoms with Gasteiger partial charge in [0.15, 0.2) is 6.10 Å². The average molecular weight is 424 g/mol. The van der Waals surface area contributed by atoms with E-state index in [1.807, 2.05) is 27.7 Å². The summed E-state index contributed by atoms with van der Waals surface area (Å²) in [4.78, 5) is 40.0. The van der Waals surface area contributed by atoms with E-state index in [2.05, 4.69) is 10.6 Å². The zero-order chi connectivity index (χ0) is 22.1. The molecule has 0 bridgehead atoms. The number of likely N-dealkylation sites (tertiary alicyclic amines) is 1. The van der Waals surface area contributed by atoms with Crippen LogP contribution in [0.4, 0.5) is 4.79 Å². The van der Waals surface area contributed by atoms with Gasteiger partial charge in [-0.1, -0.05) is 19.8 Å². The molecule has 0 aromatic rings. The van der Waals surface area contributed by atoms with Gasteiger partial charge in [0.05, 0.1) is 6.04 Å². The van der Waals surface area contributed by atoms with Crippen LogP contribution in [0, 0.1) is 11.8 Å². The molecule has 30 heavy (non-hydrogen) atoms. The van der Waals surface area contributed by atoms with E-state index >= 15 is 0 Å². The highest BCUT2D eigenvalue weighted by Gasteiger charge is 2.51. The van der Waals surface area contributed by atoms with Crippen molar-refractivity contribution in [2.45, 2.75) is 102 Å². The minimum atomic E-state index is -1.30. The van der Waals surface area contributed by atoms with Gasteiger partial charge >= 0.3 is 6.09 Å². The average Bonchev–Trinajstić information content (AvgIpc) is 3.21. The number of hydrogen-bond acceptors (Lipinski definition) is 5. The molecule has 1 heterocycles. The lowest BCUT2D eigenvalue weighted by Crippen LogP contribution is -2.56. The number of amides is 3. The molecule has 0 aromatic carbocycles. The lowest BCUT2D eigenvalue weighted by molar-refractivity contribution is -0.134. The molecule has 3 N–H and O–H groups in total. The third-order valence-electron chi connectivity index (χ3n) is 6.29. The van der Waals surface area contributed by atoms with Crippen LogP contribution in [0.2, 0.25) is 0 Å². The number of aliphatic hydroxyl groups is 1. The molecular weight excluding hydrogens is 386 g/mol. The zero-order valence-electron chi connectivity index (χ0n) is 18.6. The summed E-state index contributed by atoms with van der Waals surface area (Å²) in [5.74, 6) is -0.351. The Morgan fingerprint density at radius 1 is 1.17 bits per heavy atom. The lowest BCUT2D eigenvalue weighted by atomic mass is 9.93. The first-order chi connectivity index (χ1) is 14.1. The number of rotatable bonds is 7. The van der Waals surface area contributed by atoms with Gasteiger partial charge in [0.25, 0.3) is 5.91 Å². The largest absolute Gasteiger partial charge is 0.444 e. The van der Waals surface area contributed by atoms with E-state index in [9.17, 15) is 19.5 Å². The molecular formula is C22H37N3O5.